The Kier molecular flexibility index (Phi) is 4.00. The second-order valence-corrected chi connectivity index (χ2v) is 9.91. The first kappa shape index (κ1) is 16.4. The summed E-state index contributed by atoms with van der Waals surface area (Å²) in [6, 6.07) is 0. The molecule has 0 N–H and O–H groups in total. The zero-order valence-corrected chi connectivity index (χ0v) is 15.5. The first-order chi connectivity index (χ1) is 12.1. The summed E-state index contributed by atoms with van der Waals surface area (Å²) >= 11 is 0. The van der Waals surface area contributed by atoms with E-state index < -0.39 is 0 Å². The molecule has 25 heavy (non-hydrogen) atoms. The highest BCUT2D eigenvalue weighted by Gasteiger charge is 2.62. The lowest BCUT2D eigenvalue weighted by atomic mass is 9.69. The van der Waals surface area contributed by atoms with E-state index in [2.05, 4.69) is 19.1 Å². The highest BCUT2D eigenvalue weighted by Crippen LogP contribution is 2.67. The Hall–Kier alpha value is -0.830. The number of carbonyl (C=O) groups excluding carboxylic acids is 1. The molecule has 138 valence electrons. The van der Waals surface area contributed by atoms with E-state index in [1.165, 1.54) is 44.9 Å². The van der Waals surface area contributed by atoms with E-state index in [0.717, 1.165) is 42.6 Å². The fourth-order valence-corrected chi connectivity index (χ4v) is 7.33. The number of esters is 1. The Morgan fingerprint density at radius 2 is 1.80 bits per heavy atom. The SMILES string of the molecule is CC1(COCOC(=O)C2CC3CC2C2C4C=CC(C4)C32)CCCCC1. The van der Waals surface area contributed by atoms with Crippen LogP contribution in [0.4, 0.5) is 0 Å². The van der Waals surface area contributed by atoms with Crippen molar-refractivity contribution >= 4 is 5.97 Å². The third-order valence-electron chi connectivity index (χ3n) is 8.37. The molecule has 5 rings (SSSR count). The average Bonchev–Trinajstić information content (AvgIpc) is 3.37. The Labute approximate surface area is 151 Å². The molecule has 5 aliphatic carbocycles. The van der Waals surface area contributed by atoms with Crippen molar-refractivity contribution in [2.24, 2.45) is 46.8 Å². The van der Waals surface area contributed by atoms with Crippen molar-refractivity contribution in [2.45, 2.75) is 58.3 Å². The minimum atomic E-state index is 0.0199. The van der Waals surface area contributed by atoms with Crippen molar-refractivity contribution in [3.05, 3.63) is 12.2 Å². The molecular weight excluding hydrogens is 312 g/mol. The van der Waals surface area contributed by atoms with Crippen molar-refractivity contribution in [1.29, 1.82) is 0 Å². The second kappa shape index (κ2) is 6.11. The molecule has 4 bridgehead atoms. The van der Waals surface area contributed by atoms with Crippen LogP contribution in [0.1, 0.15) is 58.3 Å². The molecule has 0 spiro atoms. The van der Waals surface area contributed by atoms with Crippen LogP contribution in [0.5, 0.6) is 0 Å². The van der Waals surface area contributed by atoms with Gasteiger partial charge in [-0.2, -0.15) is 0 Å². The van der Waals surface area contributed by atoms with Gasteiger partial charge in [0.05, 0.1) is 12.5 Å². The molecule has 0 aromatic heterocycles. The summed E-state index contributed by atoms with van der Waals surface area (Å²) in [5.41, 5.74) is 0.291. The smallest absolute Gasteiger partial charge is 0.311 e. The lowest BCUT2D eigenvalue weighted by Gasteiger charge is -2.35. The van der Waals surface area contributed by atoms with E-state index in [1.807, 2.05) is 0 Å². The van der Waals surface area contributed by atoms with Gasteiger partial charge in [0.25, 0.3) is 0 Å². The molecule has 0 amide bonds. The first-order valence-electron chi connectivity index (χ1n) is 10.6. The van der Waals surface area contributed by atoms with E-state index in [0.29, 0.717) is 11.3 Å². The lowest BCUT2D eigenvalue weighted by Crippen LogP contribution is -2.35. The van der Waals surface area contributed by atoms with Crippen LogP contribution in [0.3, 0.4) is 0 Å². The number of carbonyl (C=O) groups is 1. The molecule has 0 aliphatic heterocycles. The standard InChI is InChI=1S/C22H32O3/c1-22(7-3-2-4-8-22)12-24-13-25-21(23)18-11-16-10-17(18)20-15-6-5-14(9-15)19(16)20/h5-6,14-20H,2-4,7-13H2,1H3. The van der Waals surface area contributed by atoms with Crippen LogP contribution in [-0.4, -0.2) is 19.4 Å². The first-order valence-corrected chi connectivity index (χ1v) is 10.6. The Bertz CT molecular complexity index is 562. The van der Waals surface area contributed by atoms with Gasteiger partial charge in [-0.3, -0.25) is 4.79 Å². The summed E-state index contributed by atoms with van der Waals surface area (Å²) in [6.07, 6.45) is 15.0. The normalized spacial score (nSPS) is 45.7. The van der Waals surface area contributed by atoms with E-state index in [1.54, 1.807) is 0 Å². The summed E-state index contributed by atoms with van der Waals surface area (Å²) in [5, 5.41) is 0. The van der Waals surface area contributed by atoms with E-state index in [-0.39, 0.29) is 18.7 Å². The van der Waals surface area contributed by atoms with Gasteiger partial charge < -0.3 is 9.47 Å². The van der Waals surface area contributed by atoms with Crippen LogP contribution in [0.15, 0.2) is 12.2 Å². The van der Waals surface area contributed by atoms with Crippen molar-refractivity contribution in [3.8, 4) is 0 Å². The minimum absolute atomic E-state index is 0.0199. The third-order valence-corrected chi connectivity index (χ3v) is 8.37. The van der Waals surface area contributed by atoms with E-state index in [4.69, 9.17) is 9.47 Å². The van der Waals surface area contributed by atoms with Crippen LogP contribution in [0.2, 0.25) is 0 Å². The van der Waals surface area contributed by atoms with Crippen molar-refractivity contribution in [2.75, 3.05) is 13.4 Å². The highest BCUT2D eigenvalue weighted by molar-refractivity contribution is 5.73. The lowest BCUT2D eigenvalue weighted by molar-refractivity contribution is -0.167. The molecule has 0 aromatic carbocycles. The van der Waals surface area contributed by atoms with Crippen LogP contribution in [0.25, 0.3) is 0 Å². The summed E-state index contributed by atoms with van der Waals surface area (Å²) < 4.78 is 11.3. The summed E-state index contributed by atoms with van der Waals surface area (Å²) in [7, 11) is 0. The Morgan fingerprint density at radius 1 is 1.04 bits per heavy atom. The number of hydrogen-bond acceptors (Lipinski definition) is 3. The number of fused-ring (bicyclic) bond motifs is 9. The zero-order chi connectivity index (χ0) is 17.0. The van der Waals surface area contributed by atoms with Crippen LogP contribution < -0.4 is 0 Å². The molecule has 4 fully saturated rings. The number of hydrogen-bond donors (Lipinski definition) is 0. The molecule has 5 aliphatic rings. The van der Waals surface area contributed by atoms with Gasteiger partial charge >= 0.3 is 5.97 Å². The van der Waals surface area contributed by atoms with Gasteiger partial charge in [0.2, 0.25) is 0 Å². The molecule has 4 saturated carbocycles. The maximum atomic E-state index is 12.6. The maximum absolute atomic E-state index is 12.6. The predicted octanol–water partition coefficient (Wildman–Crippen LogP) is 4.57. The largest absolute Gasteiger partial charge is 0.438 e. The maximum Gasteiger partial charge on any atom is 0.311 e. The number of ether oxygens (including phenoxy) is 2. The number of allylic oxidation sites excluding steroid dienone is 2. The Balaban J connectivity index is 1.11. The van der Waals surface area contributed by atoms with Crippen molar-refractivity contribution < 1.29 is 14.3 Å². The van der Waals surface area contributed by atoms with E-state index >= 15 is 0 Å². The van der Waals surface area contributed by atoms with Gasteiger partial charge in [0, 0.05) is 0 Å². The van der Waals surface area contributed by atoms with Crippen LogP contribution >= 0.6 is 0 Å². The molecule has 0 aromatic rings. The predicted molar refractivity (Wildman–Crippen MR) is 95.5 cm³/mol. The van der Waals surface area contributed by atoms with Crippen LogP contribution in [0, 0.1) is 46.8 Å². The quantitative estimate of drug-likeness (QED) is 0.241. The van der Waals surface area contributed by atoms with Gasteiger partial charge in [-0.05, 0) is 73.0 Å². The molecule has 0 heterocycles. The van der Waals surface area contributed by atoms with Gasteiger partial charge in [-0.1, -0.05) is 38.3 Å². The monoisotopic (exact) mass is 344 g/mol. The van der Waals surface area contributed by atoms with Crippen molar-refractivity contribution in [1.82, 2.24) is 0 Å². The second-order valence-electron chi connectivity index (χ2n) is 9.91. The zero-order valence-electron chi connectivity index (χ0n) is 15.5. The minimum Gasteiger partial charge on any atom is -0.438 e. The van der Waals surface area contributed by atoms with Crippen LogP contribution in [-0.2, 0) is 14.3 Å². The highest BCUT2D eigenvalue weighted by atomic mass is 16.7. The summed E-state index contributed by atoms with van der Waals surface area (Å²) in [5.74, 6) is 4.75. The fourth-order valence-electron chi connectivity index (χ4n) is 7.33. The topological polar surface area (TPSA) is 35.5 Å². The van der Waals surface area contributed by atoms with Gasteiger partial charge in [0.15, 0.2) is 6.79 Å². The van der Waals surface area contributed by atoms with Gasteiger partial charge in [0.1, 0.15) is 0 Å². The molecular formula is C22H32O3. The molecule has 7 atom stereocenters. The van der Waals surface area contributed by atoms with E-state index in [9.17, 15) is 4.79 Å². The summed E-state index contributed by atoms with van der Waals surface area (Å²) in [6.45, 7) is 3.20. The average molecular weight is 344 g/mol. The third kappa shape index (κ3) is 2.69. The molecule has 0 radical (unpaired) electrons. The Morgan fingerprint density at radius 3 is 2.60 bits per heavy atom. The molecule has 7 unspecified atom stereocenters. The fraction of sp³-hybridized carbons (Fsp3) is 0.864. The van der Waals surface area contributed by atoms with Gasteiger partial charge in [-0.25, -0.2) is 0 Å². The van der Waals surface area contributed by atoms with Crippen molar-refractivity contribution in [3.63, 3.8) is 0 Å². The van der Waals surface area contributed by atoms with Gasteiger partial charge in [-0.15, -0.1) is 0 Å². The number of rotatable bonds is 5. The molecule has 3 heteroatoms. The molecule has 3 nitrogen and oxygen atoms in total. The summed E-state index contributed by atoms with van der Waals surface area (Å²) in [4.78, 5) is 12.6. The molecule has 0 saturated heterocycles.